The number of rotatable bonds is 6. The number of hydrogen-bond donors (Lipinski definition) is 1. The lowest BCUT2D eigenvalue weighted by molar-refractivity contribution is -0.126. The van der Waals surface area contributed by atoms with Crippen LogP contribution in [-0.2, 0) is 14.6 Å². The molecule has 0 saturated carbocycles. The van der Waals surface area contributed by atoms with Gasteiger partial charge in [-0.1, -0.05) is 65.1 Å². The minimum Gasteiger partial charge on any atom is -0.394 e. The Kier molecular flexibility index (Phi) is 8.29. The number of hydrogen-bond acceptors (Lipinski definition) is 5. The van der Waals surface area contributed by atoms with Crippen LogP contribution in [0.5, 0.6) is 0 Å². The number of halogens is 3. The Morgan fingerprint density at radius 2 is 1.54 bits per heavy atom. The number of likely N-dealkylation sites (tertiary alicyclic amines) is 1. The van der Waals surface area contributed by atoms with Crippen molar-refractivity contribution in [1.82, 2.24) is 4.90 Å². The van der Waals surface area contributed by atoms with E-state index < -0.39 is 9.84 Å². The van der Waals surface area contributed by atoms with Gasteiger partial charge in [-0.05, 0) is 60.4 Å². The molecule has 1 saturated heterocycles. The normalized spacial score (nSPS) is 14.8. The van der Waals surface area contributed by atoms with Crippen LogP contribution in [0, 0.1) is 0 Å². The van der Waals surface area contributed by atoms with Crippen LogP contribution in [0.25, 0.3) is 11.1 Å². The van der Waals surface area contributed by atoms with Gasteiger partial charge in [0.05, 0.1) is 31.4 Å². The van der Waals surface area contributed by atoms with Gasteiger partial charge in [0, 0.05) is 24.9 Å². The van der Waals surface area contributed by atoms with E-state index in [-0.39, 0.29) is 16.5 Å². The number of carbonyl (C=O) groups excluding carboxylic acids is 1. The summed E-state index contributed by atoms with van der Waals surface area (Å²) in [5, 5.41) is 0.975. The maximum atomic E-state index is 12.9. The van der Waals surface area contributed by atoms with Crippen molar-refractivity contribution in [1.29, 1.82) is 0 Å². The maximum absolute atomic E-state index is 12.9. The van der Waals surface area contributed by atoms with Crippen LogP contribution >= 0.6 is 34.8 Å². The zero-order valence-electron chi connectivity index (χ0n) is 19.9. The zero-order valence-corrected chi connectivity index (χ0v) is 23.0. The van der Waals surface area contributed by atoms with Crippen LogP contribution < -0.4 is 5.73 Å². The van der Waals surface area contributed by atoms with Gasteiger partial charge in [-0.3, -0.25) is 4.79 Å². The van der Waals surface area contributed by atoms with Crippen molar-refractivity contribution >= 4 is 61.9 Å². The van der Waals surface area contributed by atoms with Gasteiger partial charge >= 0.3 is 0 Å². The predicted octanol–water partition coefficient (Wildman–Crippen LogP) is 6.30. The quantitative estimate of drug-likeness (QED) is 0.275. The molecule has 0 atom stereocenters. The lowest BCUT2D eigenvalue weighted by Crippen LogP contribution is -2.32. The Labute approximate surface area is 231 Å². The molecule has 0 unspecified atom stereocenters. The van der Waals surface area contributed by atoms with E-state index in [1.54, 1.807) is 59.5 Å². The smallest absolute Gasteiger partial charge is 0.269 e. The minimum absolute atomic E-state index is 0.0184. The molecule has 6 nitrogen and oxygen atoms in total. The molecule has 0 aromatic heterocycles. The molecule has 1 aliphatic heterocycles. The van der Waals surface area contributed by atoms with Gasteiger partial charge in [0.25, 0.3) is 5.91 Å². The molecule has 3 aromatic rings. The van der Waals surface area contributed by atoms with E-state index in [0.29, 0.717) is 56.2 Å². The summed E-state index contributed by atoms with van der Waals surface area (Å²) in [6.45, 7) is 1.30. The predicted molar refractivity (Wildman–Crippen MR) is 151 cm³/mol. The van der Waals surface area contributed by atoms with E-state index in [1.807, 2.05) is 0 Å². The highest BCUT2D eigenvalue weighted by Crippen LogP contribution is 2.35. The van der Waals surface area contributed by atoms with Crippen LogP contribution in [0.2, 0.25) is 15.1 Å². The molecule has 1 amide bonds. The second-order valence-electron chi connectivity index (χ2n) is 8.66. The Hall–Kier alpha value is -2.84. The molecule has 2 N–H and O–H groups in total. The third-order valence-corrected chi connectivity index (χ3v) is 7.98. The fraction of sp³-hybridized carbons (Fsp3) is 0.185. The average Bonchev–Trinajstić information content (AvgIpc) is 3.40. The minimum atomic E-state index is -3.37. The van der Waals surface area contributed by atoms with E-state index >= 15 is 0 Å². The van der Waals surface area contributed by atoms with Crippen LogP contribution in [-0.4, -0.2) is 44.3 Å². The third kappa shape index (κ3) is 6.36. The van der Waals surface area contributed by atoms with Crippen LogP contribution in [0.15, 0.2) is 82.3 Å². The number of sulfone groups is 1. The summed E-state index contributed by atoms with van der Waals surface area (Å²) in [5.74, 6) is -0.277. The highest BCUT2D eigenvalue weighted by Gasteiger charge is 2.21. The summed E-state index contributed by atoms with van der Waals surface area (Å²) < 4.78 is 24.0. The van der Waals surface area contributed by atoms with Crippen molar-refractivity contribution in [3.63, 3.8) is 0 Å². The van der Waals surface area contributed by atoms with Crippen molar-refractivity contribution in [2.75, 3.05) is 19.3 Å². The number of amides is 1. The summed E-state index contributed by atoms with van der Waals surface area (Å²) >= 11 is 19.4. The molecular weight excluding hydrogens is 553 g/mol. The molecule has 10 heteroatoms. The Bertz CT molecular complexity index is 1510. The van der Waals surface area contributed by atoms with Crippen LogP contribution in [0.1, 0.15) is 18.4 Å². The summed E-state index contributed by atoms with van der Waals surface area (Å²) in [7, 11) is -3.37. The lowest BCUT2D eigenvalue weighted by Gasteiger charge is -2.16. The van der Waals surface area contributed by atoms with E-state index in [2.05, 4.69) is 4.99 Å². The van der Waals surface area contributed by atoms with Crippen LogP contribution in [0.3, 0.4) is 0 Å². The van der Waals surface area contributed by atoms with Gasteiger partial charge in [0.15, 0.2) is 9.84 Å². The lowest BCUT2D eigenvalue weighted by atomic mass is 10.0. The molecule has 37 heavy (non-hydrogen) atoms. The summed E-state index contributed by atoms with van der Waals surface area (Å²) in [6.07, 6.45) is 4.50. The summed E-state index contributed by atoms with van der Waals surface area (Å²) in [4.78, 5) is 19.4. The highest BCUT2D eigenvalue weighted by molar-refractivity contribution is 7.90. The Balaban J connectivity index is 1.80. The molecule has 3 aromatic carbocycles. The second-order valence-corrected chi connectivity index (χ2v) is 11.9. The van der Waals surface area contributed by atoms with E-state index in [9.17, 15) is 13.2 Å². The summed E-state index contributed by atoms with van der Waals surface area (Å²) in [5.41, 5.74) is 8.75. The van der Waals surface area contributed by atoms with Crippen molar-refractivity contribution < 1.29 is 13.2 Å². The molecule has 0 aliphatic carbocycles. The first-order chi connectivity index (χ1) is 17.5. The van der Waals surface area contributed by atoms with Crippen LogP contribution in [0.4, 0.5) is 5.69 Å². The molecule has 4 rings (SSSR count). The molecule has 1 fully saturated rings. The standard InChI is InChI=1S/C27H24Cl3N3O3S/c1-37(35,36)19-7-4-6-17(14-19)18-10-11-20(23(30)15-18)25(32-26-21(28)8-5-9-22(26)29)16-24(31)27(34)33-12-2-3-13-33/h4-11,14-16H,2-3,12-13,31H2,1H3. The number of nitrogens with zero attached hydrogens (tertiary/aromatic N) is 2. The van der Waals surface area contributed by atoms with Gasteiger partial charge in [0.1, 0.15) is 5.69 Å². The largest absolute Gasteiger partial charge is 0.394 e. The average molecular weight is 577 g/mol. The fourth-order valence-electron chi connectivity index (χ4n) is 4.01. The van der Waals surface area contributed by atoms with Gasteiger partial charge in [0.2, 0.25) is 0 Å². The number of aliphatic imine (C=N–C) groups is 1. The molecule has 192 valence electrons. The van der Waals surface area contributed by atoms with E-state index in [1.165, 1.54) is 12.1 Å². The van der Waals surface area contributed by atoms with E-state index in [0.717, 1.165) is 19.1 Å². The van der Waals surface area contributed by atoms with Crippen molar-refractivity contribution in [2.45, 2.75) is 17.7 Å². The number of carbonyl (C=O) groups is 1. The molecule has 1 aliphatic rings. The molecule has 0 radical (unpaired) electrons. The number of benzene rings is 3. The number of nitrogens with two attached hydrogens (primary N) is 1. The third-order valence-electron chi connectivity index (χ3n) is 5.94. The zero-order chi connectivity index (χ0) is 26.7. The van der Waals surface area contributed by atoms with Gasteiger partial charge in [-0.15, -0.1) is 0 Å². The van der Waals surface area contributed by atoms with Gasteiger partial charge < -0.3 is 10.6 Å². The Morgan fingerprint density at radius 3 is 2.16 bits per heavy atom. The van der Waals surface area contributed by atoms with Crippen molar-refractivity contribution in [2.24, 2.45) is 10.7 Å². The first-order valence-corrected chi connectivity index (χ1v) is 14.5. The van der Waals surface area contributed by atoms with Crippen molar-refractivity contribution in [3.05, 3.63) is 93.1 Å². The van der Waals surface area contributed by atoms with Crippen molar-refractivity contribution in [3.8, 4) is 11.1 Å². The SMILES string of the molecule is CS(=O)(=O)c1cccc(-c2ccc(C(C=C(N)C(=O)N3CCCC3)=Nc3c(Cl)cccc3Cl)c(Cl)c2)c1. The van der Waals surface area contributed by atoms with Gasteiger partial charge in [-0.25, -0.2) is 13.4 Å². The first kappa shape index (κ1) is 27.2. The topological polar surface area (TPSA) is 92.8 Å². The summed E-state index contributed by atoms with van der Waals surface area (Å²) in [6, 6.07) is 16.8. The fourth-order valence-corrected chi connectivity index (χ4v) is 5.43. The van der Waals surface area contributed by atoms with E-state index in [4.69, 9.17) is 40.5 Å². The molecule has 0 bridgehead atoms. The van der Waals surface area contributed by atoms with Gasteiger partial charge in [-0.2, -0.15) is 0 Å². The Morgan fingerprint density at radius 1 is 0.919 bits per heavy atom. The second kappa shape index (κ2) is 11.3. The highest BCUT2D eigenvalue weighted by atomic mass is 35.5. The molecule has 0 spiro atoms. The monoisotopic (exact) mass is 575 g/mol. The number of allylic oxidation sites excluding steroid dienone is 1. The molecular formula is C27H24Cl3N3O3S. The first-order valence-electron chi connectivity index (χ1n) is 11.4. The number of para-hydroxylation sites is 1. The molecule has 1 heterocycles. The maximum Gasteiger partial charge on any atom is 0.269 e.